The second-order valence-corrected chi connectivity index (χ2v) is 8.92. The molecule has 0 saturated carbocycles. The molecule has 0 unspecified atom stereocenters. The van der Waals surface area contributed by atoms with Crippen LogP contribution in [0.25, 0.3) is 22.0 Å². The maximum Gasteiger partial charge on any atom is 0.262 e. The quantitative estimate of drug-likeness (QED) is 0.498. The van der Waals surface area contributed by atoms with Crippen LogP contribution in [0, 0.1) is 0 Å². The maximum atomic E-state index is 12.3. The van der Waals surface area contributed by atoms with Crippen LogP contribution in [0.3, 0.4) is 0 Å². The molecule has 0 bridgehead atoms. The van der Waals surface area contributed by atoms with Gasteiger partial charge in [-0.2, -0.15) is 0 Å². The molecule has 4 aromatic rings. The van der Waals surface area contributed by atoms with Crippen molar-refractivity contribution in [3.8, 4) is 17.0 Å². The molecule has 0 radical (unpaired) electrons. The zero-order valence-electron chi connectivity index (χ0n) is 16.6. The first kappa shape index (κ1) is 20.5. The molecule has 0 aliphatic rings. The van der Waals surface area contributed by atoms with E-state index in [0.717, 1.165) is 17.0 Å². The van der Waals surface area contributed by atoms with Gasteiger partial charge in [0.15, 0.2) is 21.5 Å². The van der Waals surface area contributed by atoms with Crippen molar-refractivity contribution in [1.29, 1.82) is 0 Å². The molecule has 0 fully saturated rings. The van der Waals surface area contributed by atoms with Crippen molar-refractivity contribution in [1.82, 2.24) is 10.2 Å². The largest absolute Gasteiger partial charge is 0.484 e. The van der Waals surface area contributed by atoms with E-state index < -0.39 is 9.84 Å². The second-order valence-electron chi connectivity index (χ2n) is 6.96. The van der Waals surface area contributed by atoms with Gasteiger partial charge in [-0.3, -0.25) is 4.79 Å². The zero-order chi connectivity index (χ0) is 21.8. The number of hydrogen-bond donors (Lipinski definition) is 1. The van der Waals surface area contributed by atoms with Crippen molar-refractivity contribution in [2.24, 2.45) is 0 Å². The van der Waals surface area contributed by atoms with Crippen LogP contribution in [-0.2, 0) is 14.6 Å². The van der Waals surface area contributed by atoms with E-state index in [9.17, 15) is 13.2 Å². The van der Waals surface area contributed by atoms with Crippen molar-refractivity contribution in [2.45, 2.75) is 5.03 Å². The van der Waals surface area contributed by atoms with Crippen LogP contribution < -0.4 is 10.1 Å². The van der Waals surface area contributed by atoms with Gasteiger partial charge in [-0.15, -0.1) is 10.2 Å². The Hall–Kier alpha value is -3.78. The van der Waals surface area contributed by atoms with Crippen LogP contribution in [0.5, 0.6) is 5.75 Å². The molecule has 1 heterocycles. The summed E-state index contributed by atoms with van der Waals surface area (Å²) in [5.74, 6) is 0.313. The summed E-state index contributed by atoms with van der Waals surface area (Å²) in [6, 6.07) is 23.6. The van der Waals surface area contributed by atoms with Crippen molar-refractivity contribution < 1.29 is 17.9 Å². The molecule has 156 valence electrons. The highest BCUT2D eigenvalue weighted by Crippen LogP contribution is 2.22. The van der Waals surface area contributed by atoms with E-state index in [0.29, 0.717) is 22.7 Å². The lowest BCUT2D eigenvalue weighted by Gasteiger charge is -2.09. The number of benzene rings is 3. The fourth-order valence-electron chi connectivity index (χ4n) is 3.03. The lowest BCUT2D eigenvalue weighted by Crippen LogP contribution is -2.20. The zero-order valence-corrected chi connectivity index (χ0v) is 17.5. The predicted molar refractivity (Wildman–Crippen MR) is 119 cm³/mol. The number of nitrogens with one attached hydrogen (secondary N) is 1. The van der Waals surface area contributed by atoms with Gasteiger partial charge in [0.05, 0.1) is 5.69 Å². The summed E-state index contributed by atoms with van der Waals surface area (Å²) in [4.78, 5) is 12.3. The summed E-state index contributed by atoms with van der Waals surface area (Å²) in [5, 5.41) is 12.6. The first-order valence-corrected chi connectivity index (χ1v) is 11.3. The molecule has 0 saturated heterocycles. The maximum absolute atomic E-state index is 12.3. The number of rotatable bonds is 6. The van der Waals surface area contributed by atoms with Gasteiger partial charge in [-0.05, 0) is 47.2 Å². The minimum atomic E-state index is -3.41. The Balaban J connectivity index is 1.41. The minimum absolute atomic E-state index is 0.0912. The number of sulfone groups is 1. The highest BCUT2D eigenvalue weighted by molar-refractivity contribution is 7.90. The van der Waals surface area contributed by atoms with Crippen molar-refractivity contribution >= 4 is 32.2 Å². The van der Waals surface area contributed by atoms with Gasteiger partial charge < -0.3 is 10.1 Å². The van der Waals surface area contributed by atoms with Crippen LogP contribution in [-0.4, -0.2) is 37.4 Å². The summed E-state index contributed by atoms with van der Waals surface area (Å²) in [7, 11) is -3.41. The van der Waals surface area contributed by atoms with Crippen LogP contribution in [0.2, 0.25) is 0 Å². The molecule has 3 aromatic carbocycles. The van der Waals surface area contributed by atoms with Gasteiger partial charge >= 0.3 is 0 Å². The van der Waals surface area contributed by atoms with E-state index in [1.807, 2.05) is 42.5 Å². The van der Waals surface area contributed by atoms with Crippen LogP contribution in [0.4, 0.5) is 5.69 Å². The summed E-state index contributed by atoms with van der Waals surface area (Å²) in [5.41, 5.74) is 1.76. The lowest BCUT2D eigenvalue weighted by molar-refractivity contribution is -0.118. The third-order valence-corrected chi connectivity index (χ3v) is 5.53. The number of hydrogen-bond acceptors (Lipinski definition) is 6. The Morgan fingerprint density at radius 3 is 2.45 bits per heavy atom. The van der Waals surface area contributed by atoms with Crippen LogP contribution >= 0.6 is 0 Å². The van der Waals surface area contributed by atoms with Gasteiger partial charge in [0.25, 0.3) is 5.91 Å². The van der Waals surface area contributed by atoms with Crippen molar-refractivity contribution in [2.75, 3.05) is 18.2 Å². The van der Waals surface area contributed by atoms with Gasteiger partial charge in [0, 0.05) is 17.5 Å². The monoisotopic (exact) mass is 433 g/mol. The molecule has 31 heavy (non-hydrogen) atoms. The minimum Gasteiger partial charge on any atom is -0.484 e. The highest BCUT2D eigenvalue weighted by atomic mass is 32.2. The molecule has 1 aromatic heterocycles. The molecule has 0 spiro atoms. The van der Waals surface area contributed by atoms with E-state index >= 15 is 0 Å². The average Bonchev–Trinajstić information content (AvgIpc) is 2.77. The number of carbonyl (C=O) groups excluding carboxylic acids is 1. The van der Waals surface area contributed by atoms with Crippen LogP contribution in [0.15, 0.2) is 83.9 Å². The fourth-order valence-corrected chi connectivity index (χ4v) is 3.54. The van der Waals surface area contributed by atoms with Gasteiger partial charge in [0.1, 0.15) is 5.75 Å². The summed E-state index contributed by atoms with van der Waals surface area (Å²) < 4.78 is 28.7. The van der Waals surface area contributed by atoms with E-state index in [2.05, 4.69) is 15.5 Å². The van der Waals surface area contributed by atoms with E-state index in [-0.39, 0.29) is 17.5 Å². The average molecular weight is 433 g/mol. The first-order chi connectivity index (χ1) is 14.9. The van der Waals surface area contributed by atoms with E-state index in [1.54, 1.807) is 30.3 Å². The van der Waals surface area contributed by atoms with Crippen molar-refractivity contribution in [3.63, 3.8) is 0 Å². The number of anilines is 1. The number of aromatic nitrogens is 2. The summed E-state index contributed by atoms with van der Waals surface area (Å²) in [6.45, 7) is -0.134. The van der Waals surface area contributed by atoms with Crippen molar-refractivity contribution in [3.05, 3.63) is 78.9 Å². The Bertz CT molecular complexity index is 1350. The predicted octanol–water partition coefficient (Wildman–Crippen LogP) is 3.72. The smallest absolute Gasteiger partial charge is 0.262 e. The molecule has 7 nitrogen and oxygen atoms in total. The molecule has 1 amide bonds. The topological polar surface area (TPSA) is 98.2 Å². The molecular weight excluding hydrogens is 414 g/mol. The molecule has 8 heteroatoms. The van der Waals surface area contributed by atoms with Gasteiger partial charge in [0.2, 0.25) is 0 Å². The van der Waals surface area contributed by atoms with Crippen LogP contribution in [0.1, 0.15) is 0 Å². The van der Waals surface area contributed by atoms with Gasteiger partial charge in [-0.1, -0.05) is 42.5 Å². The molecule has 1 N–H and O–H groups in total. The Labute approximate surface area is 179 Å². The number of nitrogens with zero attached hydrogens (tertiary/aromatic N) is 2. The Morgan fingerprint density at radius 1 is 0.903 bits per heavy atom. The first-order valence-electron chi connectivity index (χ1n) is 9.44. The third-order valence-electron chi connectivity index (χ3n) is 4.55. The number of fused-ring (bicyclic) bond motifs is 1. The Morgan fingerprint density at radius 2 is 1.71 bits per heavy atom. The lowest BCUT2D eigenvalue weighted by atomic mass is 10.1. The molecule has 4 rings (SSSR count). The third kappa shape index (κ3) is 5.04. The normalized spacial score (nSPS) is 11.3. The van der Waals surface area contributed by atoms with E-state index in [4.69, 9.17) is 4.74 Å². The number of carbonyl (C=O) groups is 1. The highest BCUT2D eigenvalue weighted by Gasteiger charge is 2.11. The summed E-state index contributed by atoms with van der Waals surface area (Å²) >= 11 is 0. The molecule has 0 aliphatic heterocycles. The Kier molecular flexibility index (Phi) is 5.64. The standard InChI is InChI=1S/C23H19N3O4S/c1-31(28,29)23-12-11-21(25-26-23)18-7-4-8-19(13-18)24-22(27)15-30-20-10-9-16-5-2-3-6-17(16)14-20/h2-14H,15H2,1H3,(H,24,27). The van der Waals surface area contributed by atoms with E-state index in [1.165, 1.54) is 6.07 Å². The number of ether oxygens (including phenoxy) is 1. The second kappa shape index (κ2) is 8.53. The SMILES string of the molecule is CS(=O)(=O)c1ccc(-c2cccc(NC(=O)COc3ccc4ccccc4c3)c2)nn1. The fraction of sp³-hybridized carbons (Fsp3) is 0.0870. The molecule has 0 atom stereocenters. The number of amides is 1. The molecule has 0 aliphatic carbocycles. The van der Waals surface area contributed by atoms with Gasteiger partial charge in [-0.25, -0.2) is 8.42 Å². The summed E-state index contributed by atoms with van der Waals surface area (Å²) in [6.07, 6.45) is 1.08. The molecular formula is C23H19N3O4S.